The molecule has 0 aliphatic carbocycles. The number of ether oxygens (including phenoxy) is 1. The van der Waals surface area contributed by atoms with E-state index in [4.69, 9.17) is 9.26 Å². The van der Waals surface area contributed by atoms with Gasteiger partial charge in [0.1, 0.15) is 11.5 Å². The average Bonchev–Trinajstić information content (AvgIpc) is 3.05. The van der Waals surface area contributed by atoms with Crippen LogP contribution in [-0.2, 0) is 13.1 Å². The van der Waals surface area contributed by atoms with Crippen molar-refractivity contribution in [3.63, 3.8) is 0 Å². The Morgan fingerprint density at radius 1 is 1.28 bits per heavy atom. The van der Waals surface area contributed by atoms with Gasteiger partial charge >= 0.3 is 0 Å². The molecule has 0 amide bonds. The molecular formula is C17H25IN4O3. The van der Waals surface area contributed by atoms with Gasteiger partial charge < -0.3 is 25.0 Å². The van der Waals surface area contributed by atoms with E-state index >= 15 is 0 Å². The fourth-order valence-corrected chi connectivity index (χ4v) is 2.09. The topological polar surface area (TPSA) is 91.9 Å². The highest BCUT2D eigenvalue weighted by Crippen LogP contribution is 2.22. The number of aromatic nitrogens is 1. The van der Waals surface area contributed by atoms with Crippen LogP contribution in [0.5, 0.6) is 11.5 Å². The first kappa shape index (κ1) is 21.1. The van der Waals surface area contributed by atoms with Gasteiger partial charge in [0.05, 0.1) is 19.3 Å². The number of nitrogens with zero attached hydrogens (tertiary/aromatic N) is 2. The van der Waals surface area contributed by atoms with Crippen LogP contribution in [-0.4, -0.2) is 30.4 Å². The molecule has 7 nitrogen and oxygen atoms in total. The van der Waals surface area contributed by atoms with Gasteiger partial charge in [-0.25, -0.2) is 0 Å². The third-order valence-electron chi connectivity index (χ3n) is 3.56. The van der Waals surface area contributed by atoms with E-state index in [1.165, 1.54) is 0 Å². The second-order valence-corrected chi connectivity index (χ2v) is 5.65. The van der Waals surface area contributed by atoms with Gasteiger partial charge in [-0.15, -0.1) is 24.0 Å². The number of halogens is 1. The number of methoxy groups -OCH3 is 1. The summed E-state index contributed by atoms with van der Waals surface area (Å²) in [7, 11) is 3.27. The van der Waals surface area contributed by atoms with Gasteiger partial charge in [-0.1, -0.05) is 19.0 Å². The summed E-state index contributed by atoms with van der Waals surface area (Å²) in [4.78, 5) is 4.15. The van der Waals surface area contributed by atoms with Crippen LogP contribution in [0.15, 0.2) is 33.8 Å². The minimum atomic E-state index is 0. The van der Waals surface area contributed by atoms with Crippen molar-refractivity contribution in [3.05, 3.63) is 41.3 Å². The number of hydrogen-bond acceptors (Lipinski definition) is 5. The fraction of sp³-hybridized carbons (Fsp3) is 0.412. The third kappa shape index (κ3) is 6.11. The molecule has 1 heterocycles. The van der Waals surface area contributed by atoms with Gasteiger partial charge in [0.2, 0.25) is 0 Å². The molecule has 0 aliphatic rings. The summed E-state index contributed by atoms with van der Waals surface area (Å²) in [5.41, 5.74) is 1.65. The molecule has 138 valence electrons. The molecule has 1 aromatic heterocycles. The van der Waals surface area contributed by atoms with Gasteiger partial charge in [-0.3, -0.25) is 4.99 Å². The number of guanidine groups is 1. The van der Waals surface area contributed by atoms with E-state index in [2.05, 4.69) is 34.6 Å². The molecular weight excluding hydrogens is 435 g/mol. The first-order chi connectivity index (χ1) is 11.5. The highest BCUT2D eigenvalue weighted by molar-refractivity contribution is 14.0. The van der Waals surface area contributed by atoms with Crippen LogP contribution < -0.4 is 15.4 Å². The second-order valence-electron chi connectivity index (χ2n) is 5.65. The van der Waals surface area contributed by atoms with Crippen LogP contribution in [0, 0.1) is 0 Å². The normalized spacial score (nSPS) is 11.2. The highest BCUT2D eigenvalue weighted by Gasteiger charge is 2.09. The number of phenolic OH excluding ortho intramolecular Hbond substituents is 1. The molecule has 3 N–H and O–H groups in total. The van der Waals surface area contributed by atoms with E-state index < -0.39 is 0 Å². The van der Waals surface area contributed by atoms with Gasteiger partial charge in [-0.2, -0.15) is 0 Å². The molecule has 0 fully saturated rings. The summed E-state index contributed by atoms with van der Waals surface area (Å²) < 4.78 is 10.4. The van der Waals surface area contributed by atoms with E-state index in [1.54, 1.807) is 32.4 Å². The van der Waals surface area contributed by atoms with Crippen LogP contribution in [0.3, 0.4) is 0 Å². The van der Waals surface area contributed by atoms with E-state index in [0.29, 0.717) is 30.7 Å². The molecule has 0 unspecified atom stereocenters. The number of benzene rings is 1. The third-order valence-corrected chi connectivity index (χ3v) is 3.56. The lowest BCUT2D eigenvalue weighted by Gasteiger charge is -2.12. The Bertz CT molecular complexity index is 701. The van der Waals surface area contributed by atoms with Gasteiger partial charge in [0.25, 0.3) is 0 Å². The Balaban J connectivity index is 0.00000312. The van der Waals surface area contributed by atoms with Crippen LogP contribution in [0.25, 0.3) is 0 Å². The van der Waals surface area contributed by atoms with Gasteiger partial charge in [0.15, 0.2) is 11.7 Å². The van der Waals surface area contributed by atoms with Crippen molar-refractivity contribution in [1.29, 1.82) is 0 Å². The summed E-state index contributed by atoms with van der Waals surface area (Å²) in [6, 6.07) is 7.02. The summed E-state index contributed by atoms with van der Waals surface area (Å²) >= 11 is 0. The number of aliphatic imine (C=N–C) groups is 1. The first-order valence-corrected chi connectivity index (χ1v) is 7.79. The summed E-state index contributed by atoms with van der Waals surface area (Å²) in [6.07, 6.45) is 0. The van der Waals surface area contributed by atoms with Crippen molar-refractivity contribution in [2.45, 2.75) is 32.9 Å². The lowest BCUT2D eigenvalue weighted by molar-refractivity contribution is 0.372. The van der Waals surface area contributed by atoms with Crippen molar-refractivity contribution >= 4 is 29.9 Å². The monoisotopic (exact) mass is 460 g/mol. The predicted octanol–water partition coefficient (Wildman–Crippen LogP) is 3.00. The Kier molecular flexibility index (Phi) is 8.53. The van der Waals surface area contributed by atoms with Crippen LogP contribution in [0.1, 0.15) is 36.8 Å². The van der Waals surface area contributed by atoms with E-state index in [0.717, 1.165) is 17.0 Å². The molecule has 1 aromatic carbocycles. The van der Waals surface area contributed by atoms with Crippen molar-refractivity contribution in [3.8, 4) is 11.5 Å². The smallest absolute Gasteiger partial charge is 0.191 e. The maximum atomic E-state index is 9.90. The molecule has 0 aliphatic heterocycles. The first-order valence-electron chi connectivity index (χ1n) is 7.79. The van der Waals surface area contributed by atoms with Crippen molar-refractivity contribution in [2.75, 3.05) is 14.2 Å². The molecule has 0 radical (unpaired) electrons. The number of rotatable bonds is 6. The largest absolute Gasteiger partial charge is 0.508 e. The maximum Gasteiger partial charge on any atom is 0.191 e. The van der Waals surface area contributed by atoms with E-state index in [-0.39, 0.29) is 29.7 Å². The summed E-state index contributed by atoms with van der Waals surface area (Å²) in [5.74, 6) is 2.56. The zero-order valence-electron chi connectivity index (χ0n) is 14.9. The van der Waals surface area contributed by atoms with Crippen LogP contribution >= 0.6 is 24.0 Å². The molecule has 0 bridgehead atoms. The Labute approximate surface area is 164 Å². The van der Waals surface area contributed by atoms with Crippen LogP contribution in [0.2, 0.25) is 0 Å². The summed E-state index contributed by atoms with van der Waals surface area (Å²) in [5, 5.41) is 20.2. The number of nitrogens with one attached hydrogen (secondary N) is 2. The van der Waals surface area contributed by atoms with Crippen molar-refractivity contribution in [2.24, 2.45) is 4.99 Å². The molecule has 2 rings (SSSR count). The lowest BCUT2D eigenvalue weighted by atomic mass is 10.1. The zero-order chi connectivity index (χ0) is 17.5. The molecule has 0 atom stereocenters. The zero-order valence-corrected chi connectivity index (χ0v) is 17.2. The van der Waals surface area contributed by atoms with Gasteiger partial charge in [-0.05, 0) is 24.1 Å². The minimum Gasteiger partial charge on any atom is -0.508 e. The molecule has 8 heteroatoms. The summed E-state index contributed by atoms with van der Waals surface area (Å²) in [6.45, 7) is 5.02. The molecule has 0 saturated heterocycles. The average molecular weight is 460 g/mol. The predicted molar refractivity (Wildman–Crippen MR) is 108 cm³/mol. The Hall–Kier alpha value is -1.97. The van der Waals surface area contributed by atoms with Crippen molar-refractivity contribution < 1.29 is 14.4 Å². The number of phenols is 1. The minimum absolute atomic E-state index is 0. The molecule has 0 spiro atoms. The highest BCUT2D eigenvalue weighted by atomic mass is 127. The SMILES string of the molecule is CN=C(NCc1cc(C(C)C)no1)NCc1cc(OC)ccc1O.I. The molecule has 25 heavy (non-hydrogen) atoms. The maximum absolute atomic E-state index is 9.90. The molecule has 2 aromatic rings. The van der Waals surface area contributed by atoms with E-state index in [9.17, 15) is 5.11 Å². The number of aromatic hydroxyl groups is 1. The standard InChI is InChI=1S/C17H24N4O3.HI/c1-11(2)15-8-14(24-21-15)10-20-17(18-3)19-9-12-7-13(23-4)5-6-16(12)22;/h5-8,11,22H,9-10H2,1-4H3,(H2,18,19,20);1H. The number of hydrogen-bond donors (Lipinski definition) is 3. The Morgan fingerprint density at radius 3 is 2.60 bits per heavy atom. The fourth-order valence-electron chi connectivity index (χ4n) is 2.09. The van der Waals surface area contributed by atoms with Crippen molar-refractivity contribution in [1.82, 2.24) is 15.8 Å². The second kappa shape index (κ2) is 10.1. The Morgan fingerprint density at radius 2 is 2.00 bits per heavy atom. The molecule has 0 saturated carbocycles. The van der Waals surface area contributed by atoms with Gasteiger partial charge in [0, 0.05) is 25.2 Å². The lowest BCUT2D eigenvalue weighted by Crippen LogP contribution is -2.36. The van der Waals surface area contributed by atoms with Crippen LogP contribution in [0.4, 0.5) is 0 Å². The van der Waals surface area contributed by atoms with E-state index in [1.807, 2.05) is 6.07 Å². The quantitative estimate of drug-likeness (QED) is 0.349.